The van der Waals surface area contributed by atoms with Crippen LogP contribution < -0.4 is 0 Å². The number of rotatable bonds is 0. The molecule has 0 amide bonds. The molecule has 0 aliphatic heterocycles. The highest BCUT2D eigenvalue weighted by molar-refractivity contribution is 6.47. The Hall–Kier alpha value is 0.830. The van der Waals surface area contributed by atoms with Crippen molar-refractivity contribution in [3.8, 4) is 0 Å². The molecule has 5 heteroatoms. The third-order valence-electron chi connectivity index (χ3n) is 1.63. The SMILES string of the molecule is O=C1C(Cl)C(Cl)CC(Cl)C1Cl. The summed E-state index contributed by atoms with van der Waals surface area (Å²) < 4.78 is 0. The van der Waals surface area contributed by atoms with Gasteiger partial charge in [0.2, 0.25) is 0 Å². The Morgan fingerprint density at radius 1 is 1.00 bits per heavy atom. The Morgan fingerprint density at radius 3 is 1.73 bits per heavy atom. The van der Waals surface area contributed by atoms with Gasteiger partial charge < -0.3 is 0 Å². The van der Waals surface area contributed by atoms with Gasteiger partial charge in [0.1, 0.15) is 10.8 Å². The second-order valence-corrected chi connectivity index (χ2v) is 4.54. The van der Waals surface area contributed by atoms with Gasteiger partial charge in [-0.05, 0) is 6.42 Å². The summed E-state index contributed by atoms with van der Waals surface area (Å²) in [6, 6.07) is 0. The molecule has 1 nitrogen and oxygen atoms in total. The topological polar surface area (TPSA) is 17.1 Å². The molecular weight excluding hydrogens is 230 g/mol. The van der Waals surface area contributed by atoms with Crippen molar-refractivity contribution < 1.29 is 4.79 Å². The van der Waals surface area contributed by atoms with E-state index < -0.39 is 10.8 Å². The number of halogens is 4. The first-order valence-electron chi connectivity index (χ1n) is 3.14. The van der Waals surface area contributed by atoms with Crippen molar-refractivity contribution in [2.45, 2.75) is 27.9 Å². The van der Waals surface area contributed by atoms with Gasteiger partial charge in [0.05, 0.1) is 10.8 Å². The van der Waals surface area contributed by atoms with Crippen molar-refractivity contribution in [3.63, 3.8) is 0 Å². The average molecular weight is 236 g/mol. The lowest BCUT2D eigenvalue weighted by molar-refractivity contribution is -0.119. The maximum atomic E-state index is 11.1. The first-order chi connectivity index (χ1) is 5.04. The van der Waals surface area contributed by atoms with E-state index in [1.807, 2.05) is 0 Å². The zero-order valence-electron chi connectivity index (χ0n) is 5.44. The highest BCUT2D eigenvalue weighted by Gasteiger charge is 2.40. The van der Waals surface area contributed by atoms with Gasteiger partial charge in [-0.25, -0.2) is 0 Å². The number of hydrogen-bond donors (Lipinski definition) is 0. The van der Waals surface area contributed by atoms with Crippen molar-refractivity contribution in [2.75, 3.05) is 0 Å². The Kier molecular flexibility index (Phi) is 3.33. The van der Waals surface area contributed by atoms with Crippen LogP contribution in [0.1, 0.15) is 6.42 Å². The molecule has 0 N–H and O–H groups in total. The van der Waals surface area contributed by atoms with E-state index in [2.05, 4.69) is 0 Å². The standard InChI is InChI=1S/C6H6Cl4O/c7-2-1-3(8)5(10)6(11)4(2)9/h2-5H,1H2. The van der Waals surface area contributed by atoms with Crippen LogP contribution in [0.3, 0.4) is 0 Å². The number of carbonyl (C=O) groups excluding carboxylic acids is 1. The van der Waals surface area contributed by atoms with E-state index in [1.54, 1.807) is 0 Å². The lowest BCUT2D eigenvalue weighted by Crippen LogP contribution is -2.44. The number of alkyl halides is 4. The number of ketones is 1. The Bertz CT molecular complexity index is 156. The van der Waals surface area contributed by atoms with Crippen molar-refractivity contribution in [1.29, 1.82) is 0 Å². The summed E-state index contributed by atoms with van der Waals surface area (Å²) in [5.74, 6) is -0.264. The molecule has 1 aliphatic carbocycles. The van der Waals surface area contributed by atoms with E-state index in [0.29, 0.717) is 6.42 Å². The fraction of sp³-hybridized carbons (Fsp3) is 0.833. The van der Waals surface area contributed by atoms with Crippen LogP contribution in [0.5, 0.6) is 0 Å². The van der Waals surface area contributed by atoms with Crippen LogP contribution in [0, 0.1) is 0 Å². The minimum atomic E-state index is -0.686. The first-order valence-corrected chi connectivity index (χ1v) is 4.88. The van der Waals surface area contributed by atoms with Crippen LogP contribution in [0.15, 0.2) is 0 Å². The fourth-order valence-electron chi connectivity index (χ4n) is 0.963. The van der Waals surface area contributed by atoms with Crippen molar-refractivity contribution in [1.82, 2.24) is 0 Å². The van der Waals surface area contributed by atoms with Gasteiger partial charge in [0, 0.05) is 0 Å². The number of carbonyl (C=O) groups is 1. The van der Waals surface area contributed by atoms with Gasteiger partial charge in [-0.2, -0.15) is 0 Å². The van der Waals surface area contributed by atoms with E-state index >= 15 is 0 Å². The van der Waals surface area contributed by atoms with Crippen LogP contribution in [0.25, 0.3) is 0 Å². The quantitative estimate of drug-likeness (QED) is 0.590. The zero-order chi connectivity index (χ0) is 8.59. The van der Waals surface area contributed by atoms with Crippen LogP contribution in [0.2, 0.25) is 0 Å². The molecule has 0 heterocycles. The second kappa shape index (κ2) is 3.69. The molecule has 4 unspecified atom stereocenters. The molecule has 4 atom stereocenters. The van der Waals surface area contributed by atoms with Crippen LogP contribution in [0.4, 0.5) is 0 Å². The molecule has 0 radical (unpaired) electrons. The summed E-state index contributed by atoms with van der Waals surface area (Å²) in [6.07, 6.45) is 0.483. The maximum absolute atomic E-state index is 11.1. The highest BCUT2D eigenvalue weighted by Crippen LogP contribution is 2.31. The smallest absolute Gasteiger partial charge is 0.171 e. The minimum absolute atomic E-state index is 0.264. The Balaban J connectivity index is 2.71. The van der Waals surface area contributed by atoms with Gasteiger partial charge in [0.25, 0.3) is 0 Å². The Morgan fingerprint density at radius 2 is 1.36 bits per heavy atom. The van der Waals surface area contributed by atoms with Crippen molar-refractivity contribution in [2.24, 2.45) is 0 Å². The predicted molar refractivity (Wildman–Crippen MR) is 48.2 cm³/mol. The number of Topliss-reactive ketones (excluding diaryl/α,β-unsaturated/α-hetero) is 1. The molecule has 1 rings (SSSR count). The van der Waals surface area contributed by atoms with E-state index in [4.69, 9.17) is 46.4 Å². The predicted octanol–water partition coefficient (Wildman–Crippen LogP) is 2.39. The molecular formula is C6H6Cl4O. The van der Waals surface area contributed by atoms with Gasteiger partial charge >= 0.3 is 0 Å². The molecule has 11 heavy (non-hydrogen) atoms. The monoisotopic (exact) mass is 234 g/mol. The van der Waals surface area contributed by atoms with E-state index in [9.17, 15) is 4.79 Å². The van der Waals surface area contributed by atoms with Crippen molar-refractivity contribution in [3.05, 3.63) is 0 Å². The minimum Gasteiger partial charge on any atom is -0.296 e. The molecule has 0 aromatic heterocycles. The molecule has 0 bridgehead atoms. The molecule has 1 aliphatic rings. The average Bonchev–Trinajstić information content (AvgIpc) is 1.97. The Labute approximate surface area is 84.9 Å². The van der Waals surface area contributed by atoms with Crippen molar-refractivity contribution >= 4 is 52.2 Å². The normalized spacial score (nSPS) is 46.0. The summed E-state index contributed by atoms with van der Waals surface area (Å²) >= 11 is 22.8. The van der Waals surface area contributed by atoms with E-state index in [-0.39, 0.29) is 16.5 Å². The van der Waals surface area contributed by atoms with E-state index in [1.165, 1.54) is 0 Å². The largest absolute Gasteiger partial charge is 0.296 e. The van der Waals surface area contributed by atoms with Gasteiger partial charge in [-0.3, -0.25) is 4.79 Å². The summed E-state index contributed by atoms with van der Waals surface area (Å²) in [7, 11) is 0. The highest BCUT2D eigenvalue weighted by atomic mass is 35.5. The van der Waals surface area contributed by atoms with Gasteiger partial charge in [-0.1, -0.05) is 0 Å². The molecule has 1 fully saturated rings. The summed E-state index contributed by atoms with van der Waals surface area (Å²) in [4.78, 5) is 11.1. The molecule has 0 aromatic rings. The first kappa shape index (κ1) is 9.91. The molecule has 64 valence electrons. The van der Waals surface area contributed by atoms with E-state index in [0.717, 1.165) is 0 Å². The molecule has 1 saturated carbocycles. The lowest BCUT2D eigenvalue weighted by Gasteiger charge is -2.28. The second-order valence-electron chi connectivity index (χ2n) is 2.47. The summed E-state index contributed by atoms with van der Waals surface area (Å²) in [6.45, 7) is 0. The third kappa shape index (κ3) is 1.95. The maximum Gasteiger partial charge on any atom is 0.171 e. The zero-order valence-corrected chi connectivity index (χ0v) is 8.46. The van der Waals surface area contributed by atoms with Crippen LogP contribution in [-0.4, -0.2) is 27.3 Å². The number of hydrogen-bond acceptors (Lipinski definition) is 1. The fourth-order valence-corrected chi connectivity index (χ4v) is 2.23. The van der Waals surface area contributed by atoms with Crippen LogP contribution in [-0.2, 0) is 4.79 Å². The molecule has 0 spiro atoms. The van der Waals surface area contributed by atoms with Gasteiger partial charge in [0.15, 0.2) is 5.78 Å². The van der Waals surface area contributed by atoms with Gasteiger partial charge in [-0.15, -0.1) is 46.4 Å². The third-order valence-corrected chi connectivity index (χ3v) is 3.79. The molecule has 0 saturated heterocycles. The lowest BCUT2D eigenvalue weighted by atomic mass is 9.97. The van der Waals surface area contributed by atoms with Crippen LogP contribution >= 0.6 is 46.4 Å². The molecule has 0 aromatic carbocycles. The summed E-state index contributed by atoms with van der Waals surface area (Å²) in [5.41, 5.74) is 0. The summed E-state index contributed by atoms with van der Waals surface area (Å²) in [5, 5.41) is -2.15.